The lowest BCUT2D eigenvalue weighted by Crippen LogP contribution is -2.24. The van der Waals surface area contributed by atoms with Gasteiger partial charge in [-0.15, -0.1) is 0 Å². The van der Waals surface area contributed by atoms with Gasteiger partial charge in [-0.3, -0.25) is 9.59 Å². The van der Waals surface area contributed by atoms with Crippen molar-refractivity contribution in [1.82, 2.24) is 0 Å². The van der Waals surface area contributed by atoms with E-state index in [4.69, 9.17) is 38.3 Å². The van der Waals surface area contributed by atoms with Crippen molar-refractivity contribution in [3.8, 4) is 0 Å². The van der Waals surface area contributed by atoms with Crippen molar-refractivity contribution >= 4 is 11.9 Å². The van der Waals surface area contributed by atoms with Crippen LogP contribution in [0.1, 0.15) is 44.9 Å². The van der Waals surface area contributed by atoms with E-state index in [0.717, 1.165) is 25.9 Å². The Morgan fingerprint density at radius 1 is 0.742 bits per heavy atom. The summed E-state index contributed by atoms with van der Waals surface area (Å²) in [5.74, 6) is -1.19. The Balaban J connectivity index is 1.69. The number of hydrogen-bond donors (Lipinski definition) is 1. The summed E-state index contributed by atoms with van der Waals surface area (Å²) in [7, 11) is 0. The molecule has 1 unspecified atom stereocenters. The number of ether oxygens (including phenoxy) is 7. The number of carbonyl (C=O) groups is 2. The van der Waals surface area contributed by atoms with Gasteiger partial charge >= 0.3 is 11.9 Å². The molecule has 0 aliphatic carbocycles. The van der Waals surface area contributed by atoms with E-state index in [0.29, 0.717) is 72.3 Å². The van der Waals surface area contributed by atoms with Crippen LogP contribution in [-0.4, -0.2) is 96.0 Å². The Morgan fingerprint density at radius 2 is 1.29 bits per heavy atom. The molecule has 1 aliphatic heterocycles. The van der Waals surface area contributed by atoms with E-state index in [1.807, 2.05) is 0 Å². The van der Waals surface area contributed by atoms with Crippen LogP contribution in [-0.2, 0) is 42.7 Å². The summed E-state index contributed by atoms with van der Waals surface area (Å²) in [6.45, 7) is 5.12. The fourth-order valence-corrected chi connectivity index (χ4v) is 2.68. The summed E-state index contributed by atoms with van der Waals surface area (Å²) in [4.78, 5) is 21.8. The van der Waals surface area contributed by atoms with Gasteiger partial charge in [0.2, 0.25) is 0 Å². The van der Waals surface area contributed by atoms with Crippen LogP contribution >= 0.6 is 0 Å². The second kappa shape index (κ2) is 20.6. The lowest BCUT2D eigenvalue weighted by atomic mass is 10.2. The number of hydrogen-bond acceptors (Lipinski definition) is 9. The van der Waals surface area contributed by atoms with Crippen LogP contribution in [0.15, 0.2) is 0 Å². The molecule has 0 bridgehead atoms. The Labute approximate surface area is 184 Å². The van der Waals surface area contributed by atoms with Crippen molar-refractivity contribution in [1.29, 1.82) is 0 Å². The summed E-state index contributed by atoms with van der Waals surface area (Å²) in [5, 5.41) is 8.50. The topological polar surface area (TPSA) is 119 Å². The molecule has 1 aliphatic rings. The predicted molar refractivity (Wildman–Crippen MR) is 110 cm³/mol. The summed E-state index contributed by atoms with van der Waals surface area (Å²) in [6.07, 6.45) is 4.43. The number of rotatable bonds is 21. The zero-order chi connectivity index (χ0) is 22.4. The van der Waals surface area contributed by atoms with Gasteiger partial charge < -0.3 is 38.3 Å². The molecule has 0 aromatic carbocycles. The number of esters is 1. The highest BCUT2D eigenvalue weighted by molar-refractivity contribution is 5.69. The maximum absolute atomic E-state index is 11.4. The van der Waals surface area contributed by atoms with E-state index in [9.17, 15) is 9.59 Å². The fraction of sp³-hybridized carbons (Fsp3) is 0.905. The maximum atomic E-state index is 11.4. The van der Waals surface area contributed by atoms with Gasteiger partial charge in [0.25, 0.3) is 0 Å². The van der Waals surface area contributed by atoms with Crippen molar-refractivity contribution in [3.05, 3.63) is 0 Å². The highest BCUT2D eigenvalue weighted by Crippen LogP contribution is 2.13. The first kappa shape index (κ1) is 27.7. The molecule has 0 radical (unpaired) electrons. The Bertz CT molecular complexity index is 440. The summed E-state index contributed by atoms with van der Waals surface area (Å²) in [6, 6.07) is 0. The molecule has 0 aromatic heterocycles. The number of carbonyl (C=O) groups excluding carboxylic acids is 1. The second-order valence-corrected chi connectivity index (χ2v) is 6.94. The molecule has 1 atom stereocenters. The third-order valence-corrected chi connectivity index (χ3v) is 4.30. The first-order valence-electron chi connectivity index (χ1n) is 11.1. The van der Waals surface area contributed by atoms with Crippen LogP contribution in [0, 0.1) is 0 Å². The monoisotopic (exact) mass is 450 g/mol. The van der Waals surface area contributed by atoms with Gasteiger partial charge in [-0.2, -0.15) is 0 Å². The second-order valence-electron chi connectivity index (χ2n) is 6.94. The molecule has 1 heterocycles. The lowest BCUT2D eigenvalue weighted by Gasteiger charge is -2.22. The van der Waals surface area contributed by atoms with Gasteiger partial charge in [0.05, 0.1) is 59.5 Å². The van der Waals surface area contributed by atoms with Crippen molar-refractivity contribution in [2.24, 2.45) is 0 Å². The van der Waals surface area contributed by atoms with Crippen molar-refractivity contribution < 1.29 is 47.9 Å². The van der Waals surface area contributed by atoms with Gasteiger partial charge in [0.1, 0.15) is 6.61 Å². The first-order valence-corrected chi connectivity index (χ1v) is 11.1. The minimum atomic E-state index is -0.855. The van der Waals surface area contributed by atoms with Crippen molar-refractivity contribution in [2.75, 3.05) is 72.7 Å². The highest BCUT2D eigenvalue weighted by atomic mass is 16.7. The van der Waals surface area contributed by atoms with Crippen LogP contribution in [0.25, 0.3) is 0 Å². The quantitative estimate of drug-likeness (QED) is 0.205. The van der Waals surface area contributed by atoms with E-state index < -0.39 is 5.97 Å². The van der Waals surface area contributed by atoms with E-state index >= 15 is 0 Å². The molecule has 1 N–H and O–H groups in total. The average molecular weight is 451 g/mol. The summed E-state index contributed by atoms with van der Waals surface area (Å²) < 4.78 is 37.6. The normalized spacial score (nSPS) is 16.3. The van der Waals surface area contributed by atoms with Crippen LogP contribution < -0.4 is 0 Å². The largest absolute Gasteiger partial charge is 0.481 e. The van der Waals surface area contributed by atoms with Gasteiger partial charge in [0, 0.05) is 19.4 Å². The van der Waals surface area contributed by atoms with E-state index in [2.05, 4.69) is 0 Å². The van der Waals surface area contributed by atoms with Gasteiger partial charge in [-0.25, -0.2) is 0 Å². The van der Waals surface area contributed by atoms with Gasteiger partial charge in [-0.1, -0.05) is 0 Å². The van der Waals surface area contributed by atoms with Crippen LogP contribution in [0.3, 0.4) is 0 Å². The third-order valence-electron chi connectivity index (χ3n) is 4.30. The lowest BCUT2D eigenvalue weighted by molar-refractivity contribution is -0.169. The molecule has 1 fully saturated rings. The van der Waals surface area contributed by atoms with E-state index in [1.54, 1.807) is 0 Å². The molecule has 31 heavy (non-hydrogen) atoms. The Kier molecular flexibility index (Phi) is 18.4. The molecule has 0 amide bonds. The smallest absolute Gasteiger partial charge is 0.305 e. The number of unbranched alkanes of at least 4 members (excludes halogenated alkanes) is 1. The molecule has 1 rings (SSSR count). The molecule has 0 aromatic rings. The summed E-state index contributed by atoms with van der Waals surface area (Å²) >= 11 is 0. The SMILES string of the molecule is O=C(O)CCCCC(=O)OCCOCCOCCOCCOCCOC1CCCCO1. The standard InChI is InChI=1S/C21H38O10/c22-19(23)5-1-2-6-20(24)29-17-15-27-13-11-25-9-10-26-12-14-28-16-18-31-21-7-3-4-8-30-21/h21H,1-18H2,(H,22,23). The highest BCUT2D eigenvalue weighted by Gasteiger charge is 2.13. The molecule has 1 saturated heterocycles. The summed E-state index contributed by atoms with van der Waals surface area (Å²) in [5.41, 5.74) is 0. The zero-order valence-electron chi connectivity index (χ0n) is 18.4. The zero-order valence-corrected chi connectivity index (χ0v) is 18.4. The third kappa shape index (κ3) is 19.1. The van der Waals surface area contributed by atoms with Crippen molar-refractivity contribution in [3.63, 3.8) is 0 Å². The molecule has 0 spiro atoms. The molecule has 10 nitrogen and oxygen atoms in total. The predicted octanol–water partition coefficient (Wildman–Crippen LogP) is 1.78. The van der Waals surface area contributed by atoms with Gasteiger partial charge in [0.15, 0.2) is 6.29 Å². The van der Waals surface area contributed by atoms with Crippen LogP contribution in [0.4, 0.5) is 0 Å². The van der Waals surface area contributed by atoms with Crippen molar-refractivity contribution in [2.45, 2.75) is 51.2 Å². The number of carboxylic acids is 1. The van der Waals surface area contributed by atoms with Gasteiger partial charge in [-0.05, 0) is 32.1 Å². The molecule has 10 heteroatoms. The number of aliphatic carboxylic acids is 1. The van der Waals surface area contributed by atoms with Crippen LogP contribution in [0.5, 0.6) is 0 Å². The average Bonchev–Trinajstić information content (AvgIpc) is 2.77. The molecule has 0 saturated carbocycles. The molecule has 182 valence electrons. The van der Waals surface area contributed by atoms with E-state index in [1.165, 1.54) is 0 Å². The Morgan fingerprint density at radius 3 is 1.84 bits per heavy atom. The minimum absolute atomic E-state index is 0.0706. The molecular formula is C21H38O10. The first-order chi connectivity index (χ1) is 15.2. The molecular weight excluding hydrogens is 412 g/mol. The Hall–Kier alpha value is -1.30. The minimum Gasteiger partial charge on any atom is -0.481 e. The number of carboxylic acid groups (broad SMARTS) is 1. The van der Waals surface area contributed by atoms with E-state index in [-0.39, 0.29) is 31.7 Å². The fourth-order valence-electron chi connectivity index (χ4n) is 2.68. The maximum Gasteiger partial charge on any atom is 0.305 e. The van der Waals surface area contributed by atoms with Crippen LogP contribution in [0.2, 0.25) is 0 Å².